The van der Waals surface area contributed by atoms with Gasteiger partial charge in [0.15, 0.2) is 0 Å². The van der Waals surface area contributed by atoms with Gasteiger partial charge in [0.05, 0.1) is 7.11 Å². The molecular formula is C11H13NO3S. The second-order valence-electron chi connectivity index (χ2n) is 3.03. The first-order valence-electron chi connectivity index (χ1n) is 4.66. The second kappa shape index (κ2) is 6.17. The molecule has 4 nitrogen and oxygen atoms in total. The number of amides is 1. The summed E-state index contributed by atoms with van der Waals surface area (Å²) in [5.74, 6) is -0.915. The Kier molecular flexibility index (Phi) is 4.85. The highest BCUT2D eigenvalue weighted by Gasteiger charge is 2.09. The zero-order valence-corrected chi connectivity index (χ0v) is 9.97. The lowest BCUT2D eigenvalue weighted by atomic mass is 10.3. The number of ether oxygens (including phenoxy) is 1. The fourth-order valence-corrected chi connectivity index (χ4v) is 1.49. The molecule has 0 atom stereocenters. The van der Waals surface area contributed by atoms with Crippen LogP contribution in [-0.4, -0.2) is 25.2 Å². The number of benzene rings is 1. The van der Waals surface area contributed by atoms with Gasteiger partial charge in [-0.25, -0.2) is 0 Å². The predicted octanol–water partition coefficient (Wildman–Crippen LogP) is 1.91. The van der Waals surface area contributed by atoms with Crippen LogP contribution in [0.3, 0.4) is 0 Å². The molecule has 1 N–H and O–H groups in total. The van der Waals surface area contributed by atoms with Gasteiger partial charge in [-0.05, 0) is 30.5 Å². The maximum absolute atomic E-state index is 11.3. The van der Waals surface area contributed by atoms with E-state index in [1.165, 1.54) is 7.11 Å². The Hall–Kier alpha value is -1.49. The van der Waals surface area contributed by atoms with Crippen molar-refractivity contribution in [3.8, 4) is 0 Å². The normalized spacial score (nSPS) is 9.62. The number of hydrogen-bond donors (Lipinski definition) is 1. The number of esters is 1. The zero-order valence-electron chi connectivity index (χ0n) is 9.15. The molecule has 0 unspecified atom stereocenters. The van der Waals surface area contributed by atoms with Crippen LogP contribution in [0.15, 0.2) is 29.2 Å². The number of carbonyl (C=O) groups is 2. The number of thioether (sulfide) groups is 1. The average molecular weight is 239 g/mol. The van der Waals surface area contributed by atoms with Crippen molar-refractivity contribution in [2.45, 2.75) is 11.3 Å². The minimum absolute atomic E-state index is 0.263. The first-order valence-corrected chi connectivity index (χ1v) is 5.89. The third-order valence-corrected chi connectivity index (χ3v) is 2.65. The molecule has 0 spiro atoms. The highest BCUT2D eigenvalue weighted by molar-refractivity contribution is 7.98. The fraction of sp³-hybridized carbons (Fsp3) is 0.273. The van der Waals surface area contributed by atoms with Gasteiger partial charge in [-0.2, -0.15) is 0 Å². The number of hydrogen-bond acceptors (Lipinski definition) is 4. The molecule has 0 saturated carbocycles. The molecule has 1 amide bonds. The molecule has 0 aliphatic heterocycles. The first kappa shape index (κ1) is 12.6. The van der Waals surface area contributed by atoms with Gasteiger partial charge in [0, 0.05) is 10.6 Å². The van der Waals surface area contributed by atoms with Crippen molar-refractivity contribution >= 4 is 29.3 Å². The van der Waals surface area contributed by atoms with E-state index in [4.69, 9.17) is 0 Å². The summed E-state index contributed by atoms with van der Waals surface area (Å²) in [4.78, 5) is 23.3. The summed E-state index contributed by atoms with van der Waals surface area (Å²) in [6, 6.07) is 7.39. The number of rotatable bonds is 4. The van der Waals surface area contributed by atoms with Crippen LogP contribution in [0.4, 0.5) is 5.69 Å². The van der Waals surface area contributed by atoms with Gasteiger partial charge in [-0.3, -0.25) is 9.59 Å². The van der Waals surface area contributed by atoms with E-state index in [9.17, 15) is 9.59 Å². The van der Waals surface area contributed by atoms with E-state index >= 15 is 0 Å². The van der Waals surface area contributed by atoms with E-state index in [2.05, 4.69) is 10.1 Å². The van der Waals surface area contributed by atoms with E-state index in [1.54, 1.807) is 23.9 Å². The molecule has 5 heteroatoms. The Morgan fingerprint density at radius 2 is 1.94 bits per heavy atom. The van der Waals surface area contributed by atoms with Crippen molar-refractivity contribution in [1.29, 1.82) is 0 Å². The Labute approximate surface area is 98.4 Å². The third kappa shape index (κ3) is 3.94. The van der Waals surface area contributed by atoms with Crippen LogP contribution in [-0.2, 0) is 14.3 Å². The van der Waals surface area contributed by atoms with E-state index in [1.807, 2.05) is 18.4 Å². The van der Waals surface area contributed by atoms with Crippen molar-refractivity contribution in [3.05, 3.63) is 24.3 Å². The van der Waals surface area contributed by atoms with Gasteiger partial charge < -0.3 is 10.1 Å². The van der Waals surface area contributed by atoms with Gasteiger partial charge in [0.2, 0.25) is 5.91 Å². The Bertz CT molecular complexity index is 375. The predicted molar refractivity (Wildman–Crippen MR) is 63.5 cm³/mol. The molecule has 16 heavy (non-hydrogen) atoms. The van der Waals surface area contributed by atoms with Crippen LogP contribution in [0.25, 0.3) is 0 Å². The van der Waals surface area contributed by atoms with Gasteiger partial charge >= 0.3 is 5.97 Å². The molecular weight excluding hydrogens is 226 g/mol. The van der Waals surface area contributed by atoms with E-state index in [-0.39, 0.29) is 12.3 Å². The molecule has 1 rings (SSSR count). The molecule has 0 saturated heterocycles. The summed E-state index contributed by atoms with van der Waals surface area (Å²) in [5.41, 5.74) is 0.673. The average Bonchev–Trinajstić information content (AvgIpc) is 2.29. The molecule has 0 fully saturated rings. The maximum atomic E-state index is 11.3. The number of methoxy groups -OCH3 is 1. The lowest BCUT2D eigenvalue weighted by molar-refractivity contribution is -0.142. The van der Waals surface area contributed by atoms with Gasteiger partial charge in [0.25, 0.3) is 0 Å². The van der Waals surface area contributed by atoms with Crippen LogP contribution in [0.2, 0.25) is 0 Å². The molecule has 0 aliphatic carbocycles. The van der Waals surface area contributed by atoms with Crippen molar-refractivity contribution in [1.82, 2.24) is 0 Å². The fourth-order valence-electron chi connectivity index (χ4n) is 1.08. The summed E-state index contributed by atoms with van der Waals surface area (Å²) < 4.78 is 4.39. The Balaban J connectivity index is 2.52. The molecule has 0 aromatic heterocycles. The zero-order chi connectivity index (χ0) is 12.0. The number of nitrogens with one attached hydrogen (secondary N) is 1. The lowest BCUT2D eigenvalue weighted by Crippen LogP contribution is -2.17. The van der Waals surface area contributed by atoms with Gasteiger partial charge in [-0.1, -0.05) is 0 Å². The third-order valence-electron chi connectivity index (χ3n) is 1.91. The van der Waals surface area contributed by atoms with Crippen molar-refractivity contribution in [2.24, 2.45) is 0 Å². The van der Waals surface area contributed by atoms with Crippen molar-refractivity contribution < 1.29 is 14.3 Å². The summed E-state index contributed by atoms with van der Waals surface area (Å²) in [7, 11) is 1.25. The van der Waals surface area contributed by atoms with Gasteiger partial charge in [-0.15, -0.1) is 11.8 Å². The molecule has 0 aliphatic rings. The van der Waals surface area contributed by atoms with Crippen molar-refractivity contribution in [3.63, 3.8) is 0 Å². The highest BCUT2D eigenvalue weighted by atomic mass is 32.2. The van der Waals surface area contributed by atoms with Crippen LogP contribution in [0.5, 0.6) is 0 Å². The minimum atomic E-state index is -0.543. The molecule has 1 aromatic rings. The minimum Gasteiger partial charge on any atom is -0.469 e. The highest BCUT2D eigenvalue weighted by Crippen LogP contribution is 2.17. The maximum Gasteiger partial charge on any atom is 0.315 e. The summed E-state index contributed by atoms with van der Waals surface area (Å²) in [6.07, 6.45) is 1.71. The Morgan fingerprint density at radius 3 is 2.44 bits per heavy atom. The van der Waals surface area contributed by atoms with Crippen LogP contribution in [0.1, 0.15) is 6.42 Å². The second-order valence-corrected chi connectivity index (χ2v) is 3.91. The monoisotopic (exact) mass is 239 g/mol. The quantitative estimate of drug-likeness (QED) is 0.495. The first-order chi connectivity index (χ1) is 7.65. The Morgan fingerprint density at radius 1 is 1.31 bits per heavy atom. The molecule has 1 aromatic carbocycles. The largest absolute Gasteiger partial charge is 0.469 e. The number of carbonyl (C=O) groups excluding carboxylic acids is 2. The summed E-state index contributed by atoms with van der Waals surface area (Å²) in [5, 5.41) is 2.61. The standard InChI is InChI=1S/C11H13NO3S/c1-15-11(14)7-10(13)12-8-3-5-9(16-2)6-4-8/h3-6H,7H2,1-2H3,(H,12,13). The van der Waals surface area contributed by atoms with Crippen molar-refractivity contribution in [2.75, 3.05) is 18.7 Å². The molecule has 86 valence electrons. The molecule has 0 radical (unpaired) electrons. The van der Waals surface area contributed by atoms with Crippen LogP contribution >= 0.6 is 11.8 Å². The smallest absolute Gasteiger partial charge is 0.315 e. The lowest BCUT2D eigenvalue weighted by Gasteiger charge is -2.04. The van der Waals surface area contributed by atoms with Crippen LogP contribution < -0.4 is 5.32 Å². The summed E-state index contributed by atoms with van der Waals surface area (Å²) >= 11 is 1.62. The molecule has 0 bridgehead atoms. The molecule has 0 heterocycles. The van der Waals surface area contributed by atoms with E-state index in [0.717, 1.165) is 4.90 Å². The number of anilines is 1. The summed E-state index contributed by atoms with van der Waals surface area (Å²) in [6.45, 7) is 0. The topological polar surface area (TPSA) is 55.4 Å². The SMILES string of the molecule is COC(=O)CC(=O)Nc1ccc(SC)cc1. The van der Waals surface area contributed by atoms with E-state index in [0.29, 0.717) is 5.69 Å². The van der Waals surface area contributed by atoms with Crippen LogP contribution in [0, 0.1) is 0 Å². The van der Waals surface area contributed by atoms with Gasteiger partial charge in [0.1, 0.15) is 6.42 Å². The van der Waals surface area contributed by atoms with E-state index < -0.39 is 5.97 Å².